The number of carbonyl (C=O) groups excluding carboxylic acids is 1. The van der Waals surface area contributed by atoms with Crippen molar-refractivity contribution in [3.05, 3.63) is 96.9 Å². The van der Waals surface area contributed by atoms with Gasteiger partial charge in [-0.3, -0.25) is 19.6 Å². The average Bonchev–Trinajstić information content (AvgIpc) is 3.27. The van der Waals surface area contributed by atoms with Gasteiger partial charge in [0.15, 0.2) is 0 Å². The maximum atomic E-state index is 12.8. The lowest BCUT2D eigenvalue weighted by molar-refractivity contribution is -0.385. The summed E-state index contributed by atoms with van der Waals surface area (Å²) in [6.45, 7) is 1.38. The molecule has 0 bridgehead atoms. The van der Waals surface area contributed by atoms with Gasteiger partial charge in [-0.15, -0.1) is 0 Å². The van der Waals surface area contributed by atoms with Crippen LogP contribution in [0.4, 0.5) is 11.4 Å². The van der Waals surface area contributed by atoms with E-state index in [0.29, 0.717) is 37.9 Å². The molecule has 0 radical (unpaired) electrons. The Bertz CT molecular complexity index is 1460. The summed E-state index contributed by atoms with van der Waals surface area (Å²) in [7, 11) is -3.84. The molecule has 0 spiro atoms. The number of rotatable bonds is 6. The number of amides is 1. The van der Waals surface area contributed by atoms with Gasteiger partial charge in [-0.2, -0.15) is 5.10 Å². The van der Waals surface area contributed by atoms with Crippen LogP contribution < -0.4 is 4.72 Å². The third kappa shape index (κ3) is 5.44. The highest BCUT2D eigenvalue weighted by Crippen LogP contribution is 2.34. The van der Waals surface area contributed by atoms with Gasteiger partial charge in [-0.25, -0.2) is 13.4 Å². The maximum absolute atomic E-state index is 12.8. The largest absolute Gasteiger partial charge is 0.280 e. The Morgan fingerprint density at radius 1 is 1.11 bits per heavy atom. The molecule has 9 nitrogen and oxygen atoms in total. The molecule has 3 aromatic rings. The normalized spacial score (nSPS) is 15.6. The fourth-order valence-electron chi connectivity index (χ4n) is 3.70. The number of hydrogen-bond donors (Lipinski definition) is 1. The molecule has 12 heteroatoms. The minimum Gasteiger partial charge on any atom is -0.280 e. The number of hydrazone groups is 1. The van der Waals surface area contributed by atoms with Crippen LogP contribution in [0.1, 0.15) is 30.5 Å². The lowest BCUT2D eigenvalue weighted by Crippen LogP contribution is -2.24. The van der Waals surface area contributed by atoms with Crippen molar-refractivity contribution >= 4 is 64.9 Å². The zero-order valence-corrected chi connectivity index (χ0v) is 22.2. The standard InChI is InChI=1S/C23H18Br2N4O5S/c1-14(30)28-22(16-3-2-4-19(11-16)29(31)32)13-21(26-28)15-5-8-18(9-6-15)27-35(33,34)23-12-17(24)7-10-20(23)25/h2-12,22,27H,13H2,1H3. The molecule has 1 amide bonds. The molecule has 1 aliphatic rings. The number of non-ortho nitro benzene ring substituents is 1. The molecule has 4 rings (SSSR count). The van der Waals surface area contributed by atoms with Crippen molar-refractivity contribution in [2.75, 3.05) is 4.72 Å². The van der Waals surface area contributed by atoms with E-state index in [4.69, 9.17) is 0 Å². The van der Waals surface area contributed by atoms with Crippen LogP contribution in [-0.4, -0.2) is 30.0 Å². The van der Waals surface area contributed by atoms with E-state index in [9.17, 15) is 23.3 Å². The number of nitrogens with zero attached hydrogens (tertiary/aromatic N) is 3. The summed E-state index contributed by atoms with van der Waals surface area (Å²) in [4.78, 5) is 23.0. The third-order valence-corrected chi connectivity index (χ3v) is 8.22. The Morgan fingerprint density at radius 2 is 1.83 bits per heavy atom. The fraction of sp³-hybridized carbons (Fsp3) is 0.130. The van der Waals surface area contributed by atoms with Gasteiger partial charge in [0.25, 0.3) is 15.7 Å². The predicted octanol–water partition coefficient (Wildman–Crippen LogP) is 5.62. The van der Waals surface area contributed by atoms with Gasteiger partial charge >= 0.3 is 0 Å². The number of nitro benzene ring substituents is 1. The SMILES string of the molecule is CC(=O)N1N=C(c2ccc(NS(=O)(=O)c3cc(Br)ccc3Br)cc2)CC1c1cccc([N+](=O)[O-])c1. The summed E-state index contributed by atoms with van der Waals surface area (Å²) in [5, 5.41) is 16.9. The van der Waals surface area contributed by atoms with E-state index in [1.54, 1.807) is 48.5 Å². The van der Waals surface area contributed by atoms with Crippen LogP contribution in [0.3, 0.4) is 0 Å². The van der Waals surface area contributed by atoms with E-state index in [0.717, 1.165) is 0 Å². The summed E-state index contributed by atoms with van der Waals surface area (Å²) < 4.78 is 29.3. The Hall–Kier alpha value is -3.09. The highest BCUT2D eigenvalue weighted by Gasteiger charge is 2.32. The summed E-state index contributed by atoms with van der Waals surface area (Å²) in [5.41, 5.74) is 2.22. The average molecular weight is 622 g/mol. The number of anilines is 1. The van der Waals surface area contributed by atoms with Crippen molar-refractivity contribution in [1.82, 2.24) is 5.01 Å². The van der Waals surface area contributed by atoms with Crippen molar-refractivity contribution in [3.8, 4) is 0 Å². The first-order chi connectivity index (χ1) is 16.5. The smallest absolute Gasteiger partial charge is 0.269 e. The second kappa shape index (κ2) is 9.88. The molecule has 0 fully saturated rings. The molecule has 1 atom stereocenters. The number of nitrogens with one attached hydrogen (secondary N) is 1. The molecule has 1 heterocycles. The van der Waals surface area contributed by atoms with Gasteiger partial charge in [0.05, 0.1) is 16.7 Å². The number of sulfonamides is 1. The summed E-state index contributed by atoms with van der Waals surface area (Å²) in [6.07, 6.45) is 0.358. The van der Waals surface area contributed by atoms with Crippen molar-refractivity contribution in [2.45, 2.75) is 24.3 Å². The van der Waals surface area contributed by atoms with Crippen molar-refractivity contribution in [3.63, 3.8) is 0 Å². The van der Waals surface area contributed by atoms with Crippen LogP contribution in [0.2, 0.25) is 0 Å². The van der Waals surface area contributed by atoms with Gasteiger partial charge in [0.1, 0.15) is 4.90 Å². The monoisotopic (exact) mass is 620 g/mol. The van der Waals surface area contributed by atoms with E-state index in [1.807, 2.05) is 0 Å². The predicted molar refractivity (Wildman–Crippen MR) is 139 cm³/mol. The third-order valence-electron chi connectivity index (χ3n) is 5.35. The van der Waals surface area contributed by atoms with E-state index in [1.165, 1.54) is 30.1 Å². The van der Waals surface area contributed by atoms with Gasteiger partial charge in [0, 0.05) is 40.1 Å². The molecule has 1 N–H and O–H groups in total. The highest BCUT2D eigenvalue weighted by atomic mass is 79.9. The second-order valence-corrected chi connectivity index (χ2v) is 11.2. The lowest BCUT2D eigenvalue weighted by Gasteiger charge is -2.20. The second-order valence-electron chi connectivity index (χ2n) is 7.74. The van der Waals surface area contributed by atoms with Gasteiger partial charge < -0.3 is 0 Å². The summed E-state index contributed by atoms with van der Waals surface area (Å²) in [5.74, 6) is -0.291. The zero-order valence-electron chi connectivity index (χ0n) is 18.2. The molecule has 3 aromatic carbocycles. The van der Waals surface area contributed by atoms with Crippen molar-refractivity contribution in [2.24, 2.45) is 5.10 Å². The summed E-state index contributed by atoms with van der Waals surface area (Å²) >= 11 is 6.55. The van der Waals surface area contributed by atoms with Crippen LogP contribution in [-0.2, 0) is 14.8 Å². The highest BCUT2D eigenvalue weighted by molar-refractivity contribution is 9.11. The lowest BCUT2D eigenvalue weighted by atomic mass is 9.98. The molecule has 0 saturated carbocycles. The quantitative estimate of drug-likeness (QED) is 0.283. The van der Waals surface area contributed by atoms with E-state index in [2.05, 4.69) is 41.7 Å². The molecule has 0 saturated heterocycles. The molecule has 0 aromatic heterocycles. The number of benzene rings is 3. The molecule has 0 aliphatic carbocycles. The maximum Gasteiger partial charge on any atom is 0.269 e. The first-order valence-electron chi connectivity index (χ1n) is 10.2. The van der Waals surface area contributed by atoms with Crippen molar-refractivity contribution < 1.29 is 18.1 Å². The van der Waals surface area contributed by atoms with E-state index >= 15 is 0 Å². The fourth-order valence-corrected chi connectivity index (χ4v) is 6.27. The Morgan fingerprint density at radius 3 is 2.49 bits per heavy atom. The number of halogens is 2. The van der Waals surface area contributed by atoms with E-state index < -0.39 is 21.0 Å². The topological polar surface area (TPSA) is 122 Å². The first kappa shape index (κ1) is 25.0. The van der Waals surface area contributed by atoms with Gasteiger partial charge in [0.2, 0.25) is 5.91 Å². The molecular weight excluding hydrogens is 604 g/mol. The number of carbonyl (C=O) groups is 1. The van der Waals surface area contributed by atoms with Crippen LogP contribution in [0.25, 0.3) is 0 Å². The summed E-state index contributed by atoms with van der Waals surface area (Å²) in [6, 6.07) is 17.2. The van der Waals surface area contributed by atoms with Gasteiger partial charge in [-0.05, 0) is 57.4 Å². The van der Waals surface area contributed by atoms with Crippen LogP contribution in [0, 0.1) is 10.1 Å². The van der Waals surface area contributed by atoms with Crippen molar-refractivity contribution in [1.29, 1.82) is 0 Å². The zero-order chi connectivity index (χ0) is 25.3. The van der Waals surface area contributed by atoms with Crippen LogP contribution >= 0.6 is 31.9 Å². The minimum atomic E-state index is -3.84. The number of hydrogen-bond acceptors (Lipinski definition) is 6. The van der Waals surface area contributed by atoms with E-state index in [-0.39, 0.29) is 16.5 Å². The Balaban J connectivity index is 1.57. The minimum absolute atomic E-state index is 0.0619. The number of nitro groups is 1. The molecule has 180 valence electrons. The molecule has 1 unspecified atom stereocenters. The van der Waals surface area contributed by atoms with Crippen LogP contribution in [0.15, 0.2) is 85.7 Å². The molecular formula is C23H18Br2N4O5S. The van der Waals surface area contributed by atoms with Crippen LogP contribution in [0.5, 0.6) is 0 Å². The molecule has 35 heavy (non-hydrogen) atoms. The first-order valence-corrected chi connectivity index (χ1v) is 13.3. The Labute approximate surface area is 218 Å². The molecule has 1 aliphatic heterocycles. The Kier molecular flexibility index (Phi) is 7.06. The van der Waals surface area contributed by atoms with Gasteiger partial charge in [-0.1, -0.05) is 40.2 Å².